The first-order valence-electron chi connectivity index (χ1n) is 6.44. The van der Waals surface area contributed by atoms with Crippen molar-refractivity contribution in [2.24, 2.45) is 0 Å². The fourth-order valence-electron chi connectivity index (χ4n) is 2.18. The van der Waals surface area contributed by atoms with Crippen LogP contribution in [-0.2, 0) is 9.53 Å². The summed E-state index contributed by atoms with van der Waals surface area (Å²) in [4.78, 5) is 15.2. The van der Waals surface area contributed by atoms with Crippen LogP contribution in [0.15, 0.2) is 29.2 Å². The second-order valence-electron chi connectivity index (χ2n) is 4.24. The van der Waals surface area contributed by atoms with Gasteiger partial charge in [-0.3, -0.25) is 4.79 Å². The molecular weight excluding hydrogens is 246 g/mol. The Kier molecular flexibility index (Phi) is 4.53. The van der Waals surface area contributed by atoms with Crippen LogP contribution in [0, 0.1) is 0 Å². The molecular formula is C14H19NO2S. The Bertz CT molecular complexity index is 422. The molecule has 0 spiro atoms. The quantitative estimate of drug-likeness (QED) is 0.764. The van der Waals surface area contributed by atoms with Crippen LogP contribution in [0.3, 0.4) is 0 Å². The SMILES string of the molecule is CCCN1c2ccccc2SC1CC(=O)OCC. The molecule has 1 heterocycles. The minimum atomic E-state index is -0.107. The van der Waals surface area contributed by atoms with Crippen LogP contribution >= 0.6 is 11.8 Å². The predicted octanol–water partition coefficient (Wildman–Crippen LogP) is 3.29. The van der Waals surface area contributed by atoms with Crippen molar-refractivity contribution in [2.75, 3.05) is 18.1 Å². The topological polar surface area (TPSA) is 29.5 Å². The van der Waals surface area contributed by atoms with Crippen LogP contribution in [0.5, 0.6) is 0 Å². The zero-order valence-corrected chi connectivity index (χ0v) is 11.7. The van der Waals surface area contributed by atoms with Crippen molar-refractivity contribution in [1.82, 2.24) is 0 Å². The second-order valence-corrected chi connectivity index (χ2v) is 5.46. The van der Waals surface area contributed by atoms with Gasteiger partial charge < -0.3 is 9.64 Å². The van der Waals surface area contributed by atoms with Gasteiger partial charge in [-0.1, -0.05) is 30.8 Å². The molecule has 1 aliphatic heterocycles. The van der Waals surface area contributed by atoms with Crippen LogP contribution in [0.25, 0.3) is 0 Å². The number of hydrogen-bond donors (Lipinski definition) is 0. The molecule has 0 bridgehead atoms. The molecule has 0 N–H and O–H groups in total. The Morgan fingerprint density at radius 2 is 2.17 bits per heavy atom. The van der Waals surface area contributed by atoms with Crippen molar-refractivity contribution in [3.8, 4) is 0 Å². The molecule has 1 aliphatic rings. The zero-order chi connectivity index (χ0) is 13.0. The number of hydrogen-bond acceptors (Lipinski definition) is 4. The van der Waals surface area contributed by atoms with Crippen molar-refractivity contribution in [2.45, 2.75) is 37.0 Å². The van der Waals surface area contributed by atoms with Crippen molar-refractivity contribution in [3.05, 3.63) is 24.3 Å². The van der Waals surface area contributed by atoms with Gasteiger partial charge in [0.05, 0.1) is 24.1 Å². The molecule has 0 aliphatic carbocycles. The molecule has 2 rings (SSSR count). The summed E-state index contributed by atoms with van der Waals surface area (Å²) in [5.41, 5.74) is 1.25. The van der Waals surface area contributed by atoms with Crippen molar-refractivity contribution >= 4 is 23.4 Å². The van der Waals surface area contributed by atoms with E-state index in [1.54, 1.807) is 11.8 Å². The highest BCUT2D eigenvalue weighted by molar-refractivity contribution is 8.00. The van der Waals surface area contributed by atoms with Gasteiger partial charge in [-0.25, -0.2) is 0 Å². The van der Waals surface area contributed by atoms with Crippen LogP contribution in [-0.4, -0.2) is 24.5 Å². The Labute approximate surface area is 113 Å². The Morgan fingerprint density at radius 1 is 1.39 bits per heavy atom. The highest BCUT2D eigenvalue weighted by Crippen LogP contribution is 2.44. The van der Waals surface area contributed by atoms with Gasteiger partial charge in [-0.05, 0) is 25.5 Å². The summed E-state index contributed by atoms with van der Waals surface area (Å²) in [6.45, 7) is 5.44. The fourth-order valence-corrected chi connectivity index (χ4v) is 3.50. The first-order valence-corrected chi connectivity index (χ1v) is 7.32. The minimum absolute atomic E-state index is 0.107. The summed E-state index contributed by atoms with van der Waals surface area (Å²) in [5.74, 6) is -0.107. The molecule has 1 aromatic rings. The first-order chi connectivity index (χ1) is 8.76. The molecule has 3 nitrogen and oxygen atoms in total. The first kappa shape index (κ1) is 13.3. The summed E-state index contributed by atoms with van der Waals surface area (Å²) >= 11 is 1.76. The van der Waals surface area contributed by atoms with E-state index in [0.717, 1.165) is 13.0 Å². The molecule has 18 heavy (non-hydrogen) atoms. The van der Waals surface area contributed by atoms with E-state index in [0.29, 0.717) is 13.0 Å². The van der Waals surface area contributed by atoms with Gasteiger partial charge in [0.15, 0.2) is 0 Å². The Balaban J connectivity index is 2.11. The molecule has 1 unspecified atom stereocenters. The van der Waals surface area contributed by atoms with Gasteiger partial charge in [0, 0.05) is 11.4 Å². The van der Waals surface area contributed by atoms with Crippen LogP contribution in [0.2, 0.25) is 0 Å². The van der Waals surface area contributed by atoms with Crippen molar-refractivity contribution in [1.29, 1.82) is 0 Å². The van der Waals surface area contributed by atoms with Crippen molar-refractivity contribution in [3.63, 3.8) is 0 Å². The smallest absolute Gasteiger partial charge is 0.308 e. The zero-order valence-electron chi connectivity index (χ0n) is 10.9. The number of carbonyl (C=O) groups excluding carboxylic acids is 1. The maximum absolute atomic E-state index is 11.6. The third-order valence-corrected chi connectivity index (χ3v) is 4.19. The van der Waals surface area contributed by atoms with Gasteiger partial charge in [-0.2, -0.15) is 0 Å². The van der Waals surface area contributed by atoms with E-state index in [2.05, 4.69) is 30.0 Å². The summed E-state index contributed by atoms with van der Waals surface area (Å²) in [6.07, 6.45) is 1.53. The maximum Gasteiger partial charge on any atom is 0.308 e. The van der Waals surface area contributed by atoms with Gasteiger partial charge in [0.25, 0.3) is 0 Å². The van der Waals surface area contributed by atoms with E-state index < -0.39 is 0 Å². The molecule has 98 valence electrons. The standard InChI is InChI=1S/C14H19NO2S/c1-3-9-15-11-7-5-6-8-12(11)18-13(15)10-14(16)17-4-2/h5-8,13H,3-4,9-10H2,1-2H3. The third-order valence-electron chi connectivity index (χ3n) is 2.90. The summed E-state index contributed by atoms with van der Waals surface area (Å²) in [5, 5.41) is 0.182. The van der Waals surface area contributed by atoms with Gasteiger partial charge in [0.1, 0.15) is 0 Å². The predicted molar refractivity (Wildman–Crippen MR) is 75.0 cm³/mol. The third kappa shape index (κ3) is 2.80. The van der Waals surface area contributed by atoms with Crippen LogP contribution in [0.1, 0.15) is 26.7 Å². The summed E-state index contributed by atoms with van der Waals surface area (Å²) < 4.78 is 5.05. The number of carbonyl (C=O) groups is 1. The van der Waals surface area contributed by atoms with E-state index in [-0.39, 0.29) is 11.3 Å². The lowest BCUT2D eigenvalue weighted by Crippen LogP contribution is -2.32. The second kappa shape index (κ2) is 6.14. The number of benzene rings is 1. The number of para-hydroxylation sites is 1. The molecule has 1 atom stereocenters. The van der Waals surface area contributed by atoms with Gasteiger partial charge in [-0.15, -0.1) is 0 Å². The summed E-state index contributed by atoms with van der Waals surface area (Å²) in [6, 6.07) is 8.34. The maximum atomic E-state index is 11.6. The fraction of sp³-hybridized carbons (Fsp3) is 0.500. The lowest BCUT2D eigenvalue weighted by molar-refractivity contribution is -0.143. The average molecular weight is 265 g/mol. The Hall–Kier alpha value is -1.16. The number of fused-ring (bicyclic) bond motifs is 1. The van der Waals surface area contributed by atoms with Crippen LogP contribution < -0.4 is 4.90 Å². The molecule has 0 saturated heterocycles. The normalized spacial score (nSPS) is 17.7. The molecule has 0 fully saturated rings. The molecule has 0 aromatic heterocycles. The van der Waals surface area contributed by atoms with Crippen LogP contribution in [0.4, 0.5) is 5.69 Å². The average Bonchev–Trinajstić information content (AvgIpc) is 2.68. The van der Waals surface area contributed by atoms with Crippen molar-refractivity contribution < 1.29 is 9.53 Å². The molecule has 4 heteroatoms. The van der Waals surface area contributed by atoms with E-state index in [1.807, 2.05) is 13.0 Å². The monoisotopic (exact) mass is 265 g/mol. The number of esters is 1. The van der Waals surface area contributed by atoms with Gasteiger partial charge >= 0.3 is 5.97 Å². The molecule has 0 amide bonds. The molecule has 0 radical (unpaired) electrons. The largest absolute Gasteiger partial charge is 0.466 e. The summed E-state index contributed by atoms with van der Waals surface area (Å²) in [7, 11) is 0. The lowest BCUT2D eigenvalue weighted by atomic mass is 10.2. The molecule has 0 saturated carbocycles. The highest BCUT2D eigenvalue weighted by atomic mass is 32.2. The van der Waals surface area contributed by atoms with E-state index >= 15 is 0 Å². The van der Waals surface area contributed by atoms with Gasteiger partial charge in [0.2, 0.25) is 0 Å². The Morgan fingerprint density at radius 3 is 2.89 bits per heavy atom. The number of rotatable bonds is 5. The number of ether oxygens (including phenoxy) is 1. The van der Waals surface area contributed by atoms with E-state index in [1.165, 1.54) is 10.6 Å². The lowest BCUT2D eigenvalue weighted by Gasteiger charge is -2.25. The number of thioether (sulfide) groups is 1. The molecule has 1 aromatic carbocycles. The minimum Gasteiger partial charge on any atom is -0.466 e. The van der Waals surface area contributed by atoms with E-state index in [9.17, 15) is 4.79 Å². The number of nitrogens with zero attached hydrogens (tertiary/aromatic N) is 1. The number of anilines is 1. The highest BCUT2D eigenvalue weighted by Gasteiger charge is 2.31. The van der Waals surface area contributed by atoms with E-state index in [4.69, 9.17) is 4.74 Å².